The molecule has 6 heteroatoms. The van der Waals surface area contributed by atoms with Gasteiger partial charge in [0.1, 0.15) is 0 Å². The maximum atomic E-state index is 4.74. The summed E-state index contributed by atoms with van der Waals surface area (Å²) in [6, 6.07) is 44.5. The Morgan fingerprint density at radius 2 is 0.565 bits per heavy atom. The Labute approximate surface area is 270 Å². The number of hydrogen-bond acceptors (Lipinski definition) is 4. The van der Waals surface area contributed by atoms with Crippen LogP contribution in [0.15, 0.2) is 210 Å². The summed E-state index contributed by atoms with van der Waals surface area (Å²) in [7, 11) is -4.18. The first-order valence-corrected chi connectivity index (χ1v) is 18.4. The average Bonchev–Trinajstić information content (AvgIpc) is 3.14. The monoisotopic (exact) mass is 628 g/mol. The molecule has 0 N–H and O–H groups in total. The van der Waals surface area contributed by atoms with Gasteiger partial charge in [0.25, 0.3) is 0 Å². The molecule has 0 saturated carbocycles. The van der Waals surface area contributed by atoms with Crippen molar-refractivity contribution in [2.75, 3.05) is 0 Å². The third-order valence-corrected chi connectivity index (χ3v) is 16.9. The zero-order valence-electron chi connectivity index (χ0n) is 24.8. The Kier molecular flexibility index (Phi) is 6.27. The van der Waals surface area contributed by atoms with Crippen LogP contribution in [-0.4, -0.2) is 19.9 Å². The van der Waals surface area contributed by atoms with Crippen molar-refractivity contribution in [1.29, 1.82) is 0 Å². The van der Waals surface area contributed by atoms with E-state index >= 15 is 0 Å². The molecule has 1 aliphatic rings. The molecule has 4 aromatic heterocycles. The van der Waals surface area contributed by atoms with Crippen molar-refractivity contribution in [1.82, 2.24) is 19.9 Å². The molecule has 0 atom stereocenters. The normalized spacial score (nSPS) is 15.8. The van der Waals surface area contributed by atoms with Gasteiger partial charge in [0.05, 0.1) is 0 Å². The number of rotatable bonds is 4. The fraction of sp³-hybridized carbons (Fsp3) is 0. The summed E-state index contributed by atoms with van der Waals surface area (Å²) >= 11 is 0. The van der Waals surface area contributed by atoms with E-state index in [-0.39, 0.29) is 0 Å². The third-order valence-electron chi connectivity index (χ3n) is 8.90. The lowest BCUT2D eigenvalue weighted by Crippen LogP contribution is -2.19. The maximum absolute atomic E-state index is 4.74. The Bertz CT molecular complexity index is 2030. The van der Waals surface area contributed by atoms with Crippen molar-refractivity contribution in [3.63, 3.8) is 0 Å². The molecule has 5 heterocycles. The van der Waals surface area contributed by atoms with Crippen LogP contribution in [0, 0.1) is 0 Å². The van der Waals surface area contributed by atoms with Crippen LogP contribution in [0.5, 0.6) is 0 Å². The summed E-state index contributed by atoms with van der Waals surface area (Å²) < 4.78 is 0. The molecule has 4 nitrogen and oxygen atoms in total. The molecule has 220 valence electrons. The Morgan fingerprint density at radius 1 is 0.304 bits per heavy atom. The van der Waals surface area contributed by atoms with Gasteiger partial charge in [-0.1, -0.05) is 48.5 Å². The fourth-order valence-corrected chi connectivity index (χ4v) is 16.2. The highest BCUT2D eigenvalue weighted by Crippen LogP contribution is 2.88. The molecule has 8 aromatic rings. The molecule has 0 amide bonds. The molecular formula is C40H28N4S2. The smallest absolute Gasteiger partial charge is 0.0398 e. The van der Waals surface area contributed by atoms with E-state index in [9.17, 15) is 0 Å². The van der Waals surface area contributed by atoms with E-state index in [0.717, 1.165) is 0 Å². The van der Waals surface area contributed by atoms with Crippen molar-refractivity contribution in [3.8, 4) is 0 Å². The standard InChI is InChI=1S/C40H28N4S2/c1-2-10-30-22-38-37(21-29(30)9-1)45(33-13-5-17-41-25-33,34-14-6-18-42-26-34)39-23-31-11-3-4-12-32(31)24-40(39)46(38,35-15-7-19-43-27-35)36-16-8-20-44-28-36/h1-28H. The Hall–Kier alpha value is -5.30. The number of pyridine rings is 4. The largest absolute Gasteiger partial charge is 0.264 e. The zero-order chi connectivity index (χ0) is 30.6. The molecule has 4 aromatic carbocycles. The first-order chi connectivity index (χ1) is 22.8. The van der Waals surface area contributed by atoms with E-state index < -0.39 is 20.1 Å². The van der Waals surface area contributed by atoms with Gasteiger partial charge in [-0.25, -0.2) is 0 Å². The molecule has 1 aliphatic heterocycles. The van der Waals surface area contributed by atoms with Crippen molar-refractivity contribution in [3.05, 3.63) is 171 Å². The van der Waals surface area contributed by atoms with E-state index in [1.54, 1.807) is 0 Å². The summed E-state index contributed by atoms with van der Waals surface area (Å²) in [6.07, 6.45) is 15.7. The van der Waals surface area contributed by atoms with Crippen LogP contribution in [0.1, 0.15) is 0 Å². The van der Waals surface area contributed by atoms with Crippen molar-refractivity contribution in [2.45, 2.75) is 39.2 Å². The van der Waals surface area contributed by atoms with Gasteiger partial charge in [0.2, 0.25) is 0 Å². The lowest BCUT2D eigenvalue weighted by atomic mass is 10.1. The lowest BCUT2D eigenvalue weighted by Gasteiger charge is -2.55. The lowest BCUT2D eigenvalue weighted by molar-refractivity contribution is 1.04. The van der Waals surface area contributed by atoms with Crippen LogP contribution in [0.3, 0.4) is 0 Å². The minimum Gasteiger partial charge on any atom is -0.264 e. The summed E-state index contributed by atoms with van der Waals surface area (Å²) in [4.78, 5) is 28.9. The van der Waals surface area contributed by atoms with Gasteiger partial charge in [-0.3, -0.25) is 19.9 Å². The zero-order valence-corrected chi connectivity index (χ0v) is 26.4. The van der Waals surface area contributed by atoms with E-state index in [1.165, 1.54) is 60.7 Å². The second-order valence-corrected chi connectivity index (χ2v) is 17.4. The molecule has 0 unspecified atom stereocenters. The van der Waals surface area contributed by atoms with Gasteiger partial charge in [-0.15, -0.1) is 20.1 Å². The molecule has 0 radical (unpaired) electrons. The summed E-state index contributed by atoms with van der Waals surface area (Å²) in [6.45, 7) is 0. The van der Waals surface area contributed by atoms with Crippen molar-refractivity contribution in [2.24, 2.45) is 0 Å². The van der Waals surface area contributed by atoms with Crippen LogP contribution in [0.4, 0.5) is 0 Å². The SMILES string of the molecule is c1cncc(S2(c3cccnc3)c3cc4ccccc4cc3S(c3cccnc3)(c3cccnc3)c3cc4ccccc4cc32)c1. The molecule has 9 rings (SSSR count). The summed E-state index contributed by atoms with van der Waals surface area (Å²) in [5, 5.41) is 4.84. The molecule has 0 bridgehead atoms. The highest BCUT2D eigenvalue weighted by Gasteiger charge is 2.50. The van der Waals surface area contributed by atoms with E-state index in [1.807, 2.05) is 24.8 Å². The van der Waals surface area contributed by atoms with Gasteiger partial charge >= 0.3 is 0 Å². The van der Waals surface area contributed by atoms with Crippen LogP contribution in [0.2, 0.25) is 0 Å². The molecule has 0 aliphatic carbocycles. The Balaban J connectivity index is 1.60. The predicted octanol–water partition coefficient (Wildman–Crippen LogP) is 10.6. The van der Waals surface area contributed by atoms with Crippen LogP contribution in [-0.2, 0) is 0 Å². The minimum atomic E-state index is -2.09. The topological polar surface area (TPSA) is 51.6 Å². The third kappa shape index (κ3) is 3.78. The van der Waals surface area contributed by atoms with Gasteiger partial charge in [-0.05, 0) is 94.3 Å². The molecule has 0 fully saturated rings. The molecular weight excluding hydrogens is 601 g/mol. The molecule has 0 saturated heterocycles. The number of fused-ring (bicyclic) bond motifs is 4. The Morgan fingerprint density at radius 3 is 0.783 bits per heavy atom. The fourth-order valence-electron chi connectivity index (χ4n) is 6.99. The second-order valence-electron chi connectivity index (χ2n) is 11.3. The molecule has 46 heavy (non-hydrogen) atoms. The number of nitrogens with zero attached hydrogens (tertiary/aromatic N) is 4. The van der Waals surface area contributed by atoms with Gasteiger partial charge in [0, 0.05) is 88.7 Å². The average molecular weight is 629 g/mol. The first kappa shape index (κ1) is 27.0. The van der Waals surface area contributed by atoms with Crippen LogP contribution < -0.4 is 0 Å². The molecule has 0 spiro atoms. The highest BCUT2D eigenvalue weighted by atomic mass is 32.3. The first-order valence-electron chi connectivity index (χ1n) is 15.1. The highest BCUT2D eigenvalue weighted by molar-refractivity contribution is 8.38. The van der Waals surface area contributed by atoms with E-state index in [2.05, 4.69) is 146 Å². The minimum absolute atomic E-state index is 1.18. The quantitative estimate of drug-likeness (QED) is 0.195. The maximum Gasteiger partial charge on any atom is 0.0398 e. The van der Waals surface area contributed by atoms with Crippen LogP contribution >= 0.6 is 20.1 Å². The summed E-state index contributed by atoms with van der Waals surface area (Å²) in [5.74, 6) is 0. The number of hydrogen-bond donors (Lipinski definition) is 0. The summed E-state index contributed by atoms with van der Waals surface area (Å²) in [5.41, 5.74) is 0. The second kappa shape index (κ2) is 10.7. The van der Waals surface area contributed by atoms with Gasteiger partial charge in [-0.2, -0.15) is 0 Å². The number of benzene rings is 4. The van der Waals surface area contributed by atoms with E-state index in [4.69, 9.17) is 19.9 Å². The predicted molar refractivity (Wildman–Crippen MR) is 186 cm³/mol. The van der Waals surface area contributed by atoms with Crippen LogP contribution in [0.25, 0.3) is 21.5 Å². The number of aromatic nitrogens is 4. The van der Waals surface area contributed by atoms with E-state index in [0.29, 0.717) is 0 Å². The van der Waals surface area contributed by atoms with Crippen molar-refractivity contribution < 1.29 is 0 Å². The van der Waals surface area contributed by atoms with Crippen molar-refractivity contribution >= 4 is 41.6 Å². The van der Waals surface area contributed by atoms with Gasteiger partial charge in [0.15, 0.2) is 0 Å². The van der Waals surface area contributed by atoms with Gasteiger partial charge < -0.3 is 0 Å².